The molecular formula is C75H69F2N13O12S8. The summed E-state index contributed by atoms with van der Waals surface area (Å²) in [7, 11) is -11.8. The van der Waals surface area contributed by atoms with Gasteiger partial charge < -0.3 is 0 Å². The molecule has 0 bridgehead atoms. The molecule has 0 fully saturated rings. The van der Waals surface area contributed by atoms with E-state index in [9.17, 15) is 42.9 Å². The predicted molar refractivity (Wildman–Crippen MR) is 423 cm³/mol. The zero-order chi connectivity index (χ0) is 79.7. The van der Waals surface area contributed by atoms with Gasteiger partial charge in [0.2, 0.25) is 63.7 Å². The van der Waals surface area contributed by atoms with Gasteiger partial charge in [-0.25, -0.2) is 82.9 Å². The van der Waals surface area contributed by atoms with Gasteiger partial charge in [-0.15, -0.1) is 0 Å². The van der Waals surface area contributed by atoms with Crippen molar-refractivity contribution in [3.8, 4) is 44.6 Å². The molecular weight excluding hydrogens is 1570 g/mol. The number of primary sulfonamides is 4. The van der Waals surface area contributed by atoms with Gasteiger partial charge in [-0.1, -0.05) is 209 Å². The van der Waals surface area contributed by atoms with Gasteiger partial charge in [-0.2, -0.15) is 0 Å². The summed E-state index contributed by atoms with van der Waals surface area (Å²) in [4.78, 5) is 89.6. The largest absolute Gasteiger partial charge is 0.291 e. The van der Waals surface area contributed by atoms with Crippen molar-refractivity contribution in [3.05, 3.63) is 257 Å². The lowest BCUT2D eigenvalue weighted by Crippen LogP contribution is -2.60. The fourth-order valence-electron chi connectivity index (χ4n) is 12.5. The Bertz CT molecular complexity index is 5980. The number of carbonyl (C=O) groups is 4. The molecule has 110 heavy (non-hydrogen) atoms. The van der Waals surface area contributed by atoms with Crippen molar-refractivity contribution in [2.75, 3.05) is 47.8 Å². The van der Waals surface area contributed by atoms with E-state index in [0.29, 0.717) is 61.4 Å². The Morgan fingerprint density at radius 2 is 0.800 bits per heavy atom. The Kier molecular flexibility index (Phi) is 23.6. The third-order valence-corrected chi connectivity index (χ3v) is 29.0. The average molecular weight is 1640 g/mol. The maximum atomic E-state index is 17.3. The highest BCUT2D eigenvalue weighted by molar-refractivity contribution is 7.92. The average Bonchev–Trinajstić information content (AvgIpc) is 1.06. The van der Waals surface area contributed by atoms with Gasteiger partial charge >= 0.3 is 0 Å². The van der Waals surface area contributed by atoms with E-state index in [4.69, 9.17) is 20.6 Å². The third-order valence-electron chi connectivity index (χ3n) is 17.8. The van der Waals surface area contributed by atoms with Crippen LogP contribution in [0.2, 0.25) is 0 Å². The van der Waals surface area contributed by atoms with Gasteiger partial charge in [0.1, 0.15) is 17.0 Å². The van der Waals surface area contributed by atoms with Crippen LogP contribution in [0.4, 0.5) is 29.3 Å². The van der Waals surface area contributed by atoms with Crippen molar-refractivity contribution in [1.29, 1.82) is 0 Å². The number of thiazole rings is 4. The first-order chi connectivity index (χ1) is 51.9. The van der Waals surface area contributed by atoms with Gasteiger partial charge in [-0.05, 0) is 108 Å². The number of aryl methyl sites for hydroxylation is 4. The molecule has 0 aliphatic rings. The first-order valence-electron chi connectivity index (χ1n) is 32.8. The Morgan fingerprint density at radius 1 is 0.418 bits per heavy atom. The molecule has 0 radical (unpaired) electrons. The number of nitrogens with two attached hydrogens (primary N) is 4. The van der Waals surface area contributed by atoms with Gasteiger partial charge in [0.15, 0.2) is 37.4 Å². The molecule has 5 heterocycles. The molecule has 0 spiro atoms. The monoisotopic (exact) mass is 1640 g/mol. The number of carbonyl (C=O) groups excluding carboxylic acids is 4. The van der Waals surface area contributed by atoms with Crippen LogP contribution in [0.15, 0.2) is 217 Å². The SMILES string of the molecule is Cc1nc(N(C)C(=O)C(c2ccc(-c3cccc(F)c3)cc2)C(C(=O)N(C)c2nc(C)c(S(N)(=O)=O)s2)(c2ccc(-c3ccccc3)cc2)C(C(=O)N(C)c2nc(C)c(S(N)(=O)=O)s2)c2ccc(-c3ccccc3F)cc2)sc1S(N)(=O)=O.Cc1nc(N(C)C(=O)Cc2ccc(-c3ccccn3)cc2)sc1S(N)(=O)=O. The number of pyridine rings is 1. The number of hydrogen-bond acceptors (Lipinski definition) is 21. The van der Waals surface area contributed by atoms with Crippen molar-refractivity contribution in [2.45, 2.75) is 68.2 Å². The molecule has 4 amide bonds. The lowest BCUT2D eigenvalue weighted by molar-refractivity contribution is -0.135. The van der Waals surface area contributed by atoms with Crippen LogP contribution in [0.1, 0.15) is 56.9 Å². The Labute approximate surface area is 649 Å². The molecule has 5 aromatic heterocycles. The molecule has 0 aliphatic heterocycles. The standard InChI is InChI=1S/C57H51F2N9O9S6.C18H18N4O3S2/c1-32-50(81(60,72)73)78-54(63-32)66(4)48(69)46(39-23-19-37(20-24-39)41-15-12-16-43(58)31-41)57(42-29-27-36(28-30-42)35-13-8-7-9-14-35,53(71)68(6)56-65-34(3)52(80-56)83(62,76)77)47(40-25-21-38(22-26-40)44-17-10-11-18-45(44)59)49(70)67(5)55-64-33(2)51(79-55)82(61,74)75;1-12-17(27(19,24)25)26-18(21-12)22(2)16(23)11-13-6-8-14(9-7-13)15-5-3-4-10-20-15/h7-31,46-47H,1-6H3,(H2,60,72,73)(H2,61,74,75)(H2,62,76,77);3-10H,11H2,1-2H3,(H2,19,24,25). The molecule has 0 aliphatic carbocycles. The van der Waals surface area contributed by atoms with E-state index in [1.807, 2.05) is 72.8 Å². The summed E-state index contributed by atoms with van der Waals surface area (Å²) >= 11 is 2.54. The number of hydrogen-bond donors (Lipinski definition) is 4. The summed E-state index contributed by atoms with van der Waals surface area (Å²) in [5.41, 5.74) is 2.83. The molecule has 12 aromatic rings. The van der Waals surface area contributed by atoms with Crippen LogP contribution in [0.25, 0.3) is 44.6 Å². The van der Waals surface area contributed by atoms with Gasteiger partial charge in [0.05, 0.1) is 46.7 Å². The van der Waals surface area contributed by atoms with Gasteiger partial charge in [0.25, 0.3) is 0 Å². The third kappa shape index (κ3) is 17.1. The molecule has 0 saturated carbocycles. The summed E-state index contributed by atoms with van der Waals surface area (Å²) in [5, 5.41) is 21.8. The molecule has 8 N–H and O–H groups in total. The van der Waals surface area contributed by atoms with E-state index in [1.54, 1.807) is 68.7 Å². The Balaban J connectivity index is 0.000000372. The van der Waals surface area contributed by atoms with Crippen LogP contribution >= 0.6 is 45.3 Å². The predicted octanol–water partition coefficient (Wildman–Crippen LogP) is 11.4. The fourth-order valence-corrected chi connectivity index (χ4v) is 20.2. The molecule has 12 rings (SSSR count). The number of nitrogens with zero attached hydrogens (tertiary/aromatic N) is 9. The van der Waals surface area contributed by atoms with Crippen molar-refractivity contribution in [1.82, 2.24) is 24.9 Å². The van der Waals surface area contributed by atoms with Crippen LogP contribution in [0.5, 0.6) is 0 Å². The first-order valence-corrected chi connectivity index (χ1v) is 42.3. The molecule has 25 nitrogen and oxygen atoms in total. The van der Waals surface area contributed by atoms with Crippen molar-refractivity contribution >= 4 is 130 Å². The zero-order valence-corrected chi connectivity index (χ0v) is 66.2. The zero-order valence-electron chi connectivity index (χ0n) is 59.7. The number of sulfonamides is 4. The number of anilines is 4. The van der Waals surface area contributed by atoms with E-state index in [1.165, 1.54) is 120 Å². The highest BCUT2D eigenvalue weighted by atomic mass is 32.3. The van der Waals surface area contributed by atoms with Crippen molar-refractivity contribution < 1.29 is 61.6 Å². The summed E-state index contributed by atoms with van der Waals surface area (Å²) in [5.74, 6) is -8.31. The van der Waals surface area contributed by atoms with Crippen molar-refractivity contribution in [2.24, 2.45) is 20.6 Å². The maximum Gasteiger partial charge on any atom is 0.249 e. The summed E-state index contributed by atoms with van der Waals surface area (Å²) in [6.45, 7) is 5.67. The highest BCUT2D eigenvalue weighted by Crippen LogP contribution is 2.55. The van der Waals surface area contributed by atoms with Crippen LogP contribution in [-0.4, -0.2) is 110 Å². The molecule has 568 valence electrons. The fraction of sp³-hybridized carbons (Fsp3) is 0.160. The smallest absolute Gasteiger partial charge is 0.249 e. The maximum absolute atomic E-state index is 17.3. The number of likely N-dealkylation sites (N-methyl/N-ethyl adjacent to an activating group) is 4. The molecule has 7 aromatic carbocycles. The van der Waals surface area contributed by atoms with Gasteiger partial charge in [-0.3, -0.25) is 43.8 Å². The minimum atomic E-state index is -4.47. The normalized spacial score (nSPS) is 12.9. The van der Waals surface area contributed by atoms with Crippen molar-refractivity contribution in [3.63, 3.8) is 0 Å². The van der Waals surface area contributed by atoms with Crippen LogP contribution in [0.3, 0.4) is 0 Å². The molecule has 35 heteroatoms. The van der Waals surface area contributed by atoms with Crippen LogP contribution in [-0.2, 0) is 71.1 Å². The van der Waals surface area contributed by atoms with Crippen LogP contribution < -0.4 is 40.2 Å². The summed E-state index contributed by atoms with van der Waals surface area (Å²) in [6, 6.07) is 52.7. The second-order valence-corrected chi connectivity index (χ2v) is 36.2. The molecule has 3 atom stereocenters. The van der Waals surface area contributed by atoms with E-state index in [2.05, 4.69) is 24.9 Å². The molecule has 0 saturated heterocycles. The number of benzene rings is 7. The second kappa shape index (κ2) is 32.3. The first kappa shape index (κ1) is 80.6. The summed E-state index contributed by atoms with van der Waals surface area (Å²) < 4.78 is 130. The Hall–Kier alpha value is -10.4. The second-order valence-electron chi connectivity index (χ2n) is 25.3. The van der Waals surface area contributed by atoms with Crippen LogP contribution in [0, 0.1) is 39.3 Å². The minimum Gasteiger partial charge on any atom is -0.291 e. The quantitative estimate of drug-likeness (QED) is 0.0489. The Morgan fingerprint density at radius 3 is 1.23 bits per heavy atom. The molecule has 3 unspecified atom stereocenters. The number of halogens is 2. The van der Waals surface area contributed by atoms with E-state index < -0.39 is 90.9 Å². The van der Waals surface area contributed by atoms with E-state index in [-0.39, 0.29) is 85.4 Å². The van der Waals surface area contributed by atoms with E-state index in [0.717, 1.165) is 48.4 Å². The lowest BCUT2D eigenvalue weighted by atomic mass is 9.57. The highest BCUT2D eigenvalue weighted by Gasteiger charge is 2.62. The number of rotatable bonds is 22. The lowest BCUT2D eigenvalue weighted by Gasteiger charge is -2.47. The van der Waals surface area contributed by atoms with E-state index >= 15 is 18.8 Å². The summed E-state index contributed by atoms with van der Waals surface area (Å²) in [6.07, 6.45) is 1.90. The minimum absolute atomic E-state index is 0.0130. The number of aromatic nitrogens is 5. The topological polar surface area (TPSA) is 386 Å². The van der Waals surface area contributed by atoms with Gasteiger partial charge in [0, 0.05) is 45.5 Å². The number of amides is 4.